The number of aryl methyl sites for hydroxylation is 1. The molecule has 0 saturated carbocycles. The average Bonchev–Trinajstić information content (AvgIpc) is 2.44. The van der Waals surface area contributed by atoms with Crippen molar-refractivity contribution in [3.05, 3.63) is 34.9 Å². The van der Waals surface area contributed by atoms with Crippen LogP contribution in [-0.2, 0) is 0 Å². The molecular weight excluding hydrogens is 250 g/mol. The molecule has 104 valence electrons. The molecule has 0 aliphatic carbocycles. The summed E-state index contributed by atoms with van der Waals surface area (Å²) in [6, 6.07) is 7.46. The van der Waals surface area contributed by atoms with Crippen molar-refractivity contribution in [3.63, 3.8) is 0 Å². The Bertz CT molecular complexity index is 590. The first kappa shape index (κ1) is 15.8. The van der Waals surface area contributed by atoms with Gasteiger partial charge >= 0.3 is 0 Å². The number of rotatable bonds is 3. The molecule has 1 aromatic carbocycles. The van der Waals surface area contributed by atoms with Gasteiger partial charge in [0, 0.05) is 18.7 Å². The number of hydrogen-bond donors (Lipinski definition) is 1. The molecule has 0 aromatic heterocycles. The Morgan fingerprint density at radius 3 is 2.80 bits per heavy atom. The van der Waals surface area contributed by atoms with Gasteiger partial charge in [0.25, 0.3) is 5.91 Å². The summed E-state index contributed by atoms with van der Waals surface area (Å²) >= 11 is 0. The lowest BCUT2D eigenvalue weighted by molar-refractivity contribution is 0.0746. The zero-order valence-electron chi connectivity index (χ0n) is 12.1. The molecule has 0 radical (unpaired) electrons. The molecule has 0 fully saturated rings. The highest BCUT2D eigenvalue weighted by atomic mass is 16.2. The predicted octanol–water partition coefficient (Wildman–Crippen LogP) is 1.68. The average molecular weight is 269 g/mol. The standard InChI is InChI=1S/C16H19N3O/c1-12-6-7-15(14(11-12)5-4-9-17)16(20)19(3)13(2)8-10-18/h6-7,11,13H,8-9,17H2,1-3H3. The number of nitrogens with zero attached hydrogens (tertiary/aromatic N) is 2. The van der Waals surface area contributed by atoms with Crippen molar-refractivity contribution in [2.24, 2.45) is 5.73 Å². The minimum Gasteiger partial charge on any atom is -0.338 e. The third-order valence-corrected chi connectivity index (χ3v) is 3.10. The summed E-state index contributed by atoms with van der Waals surface area (Å²) in [5, 5.41) is 8.72. The van der Waals surface area contributed by atoms with E-state index in [0.29, 0.717) is 17.5 Å². The van der Waals surface area contributed by atoms with E-state index in [1.54, 1.807) is 18.0 Å². The van der Waals surface area contributed by atoms with E-state index in [4.69, 9.17) is 11.0 Å². The maximum Gasteiger partial charge on any atom is 0.255 e. The van der Waals surface area contributed by atoms with Crippen LogP contribution in [0.25, 0.3) is 0 Å². The number of carbonyl (C=O) groups excluding carboxylic acids is 1. The van der Waals surface area contributed by atoms with Gasteiger partial charge in [0.05, 0.1) is 24.6 Å². The van der Waals surface area contributed by atoms with Crippen LogP contribution in [0.4, 0.5) is 0 Å². The monoisotopic (exact) mass is 269 g/mol. The number of hydrogen-bond acceptors (Lipinski definition) is 3. The topological polar surface area (TPSA) is 70.1 Å². The van der Waals surface area contributed by atoms with Crippen LogP contribution in [0.15, 0.2) is 18.2 Å². The number of carbonyl (C=O) groups is 1. The quantitative estimate of drug-likeness (QED) is 0.849. The molecule has 20 heavy (non-hydrogen) atoms. The van der Waals surface area contributed by atoms with Crippen molar-refractivity contribution in [1.29, 1.82) is 5.26 Å². The zero-order valence-corrected chi connectivity index (χ0v) is 12.1. The van der Waals surface area contributed by atoms with Gasteiger partial charge < -0.3 is 10.6 Å². The highest BCUT2D eigenvalue weighted by Crippen LogP contribution is 2.15. The van der Waals surface area contributed by atoms with Crippen molar-refractivity contribution in [3.8, 4) is 17.9 Å². The van der Waals surface area contributed by atoms with Gasteiger partial charge in [-0.05, 0) is 31.5 Å². The second-order valence-electron chi connectivity index (χ2n) is 4.68. The van der Waals surface area contributed by atoms with Gasteiger partial charge in [0.2, 0.25) is 0 Å². The summed E-state index contributed by atoms with van der Waals surface area (Å²) in [5.41, 5.74) is 7.64. The fourth-order valence-electron chi connectivity index (χ4n) is 1.75. The Hall–Kier alpha value is -2.30. The van der Waals surface area contributed by atoms with Crippen molar-refractivity contribution in [2.45, 2.75) is 26.3 Å². The molecule has 4 nitrogen and oxygen atoms in total. The van der Waals surface area contributed by atoms with E-state index in [-0.39, 0.29) is 18.5 Å². The first-order valence-electron chi connectivity index (χ1n) is 6.45. The van der Waals surface area contributed by atoms with Crippen LogP contribution in [0.5, 0.6) is 0 Å². The molecule has 1 unspecified atom stereocenters. The van der Waals surface area contributed by atoms with Crippen molar-refractivity contribution in [2.75, 3.05) is 13.6 Å². The summed E-state index contributed by atoms with van der Waals surface area (Å²) in [6.45, 7) is 4.05. The number of benzene rings is 1. The molecule has 1 rings (SSSR count). The normalized spacial score (nSPS) is 10.9. The van der Waals surface area contributed by atoms with E-state index in [9.17, 15) is 4.79 Å². The van der Waals surface area contributed by atoms with E-state index in [0.717, 1.165) is 5.56 Å². The SMILES string of the molecule is Cc1ccc(C(=O)N(C)C(C)CC#N)c(C#CCN)c1. The number of nitriles is 1. The first-order chi connectivity index (χ1) is 9.51. The molecule has 0 heterocycles. The molecule has 2 N–H and O–H groups in total. The molecule has 1 amide bonds. The highest BCUT2D eigenvalue weighted by Gasteiger charge is 2.19. The van der Waals surface area contributed by atoms with E-state index >= 15 is 0 Å². The molecule has 0 saturated heterocycles. The van der Waals surface area contributed by atoms with Gasteiger partial charge in [-0.2, -0.15) is 5.26 Å². The minimum atomic E-state index is -0.135. The van der Waals surface area contributed by atoms with Gasteiger partial charge in [-0.3, -0.25) is 4.79 Å². The van der Waals surface area contributed by atoms with E-state index in [2.05, 4.69) is 17.9 Å². The molecule has 1 aromatic rings. The number of amides is 1. The van der Waals surface area contributed by atoms with Gasteiger partial charge in [0.15, 0.2) is 0 Å². The second-order valence-corrected chi connectivity index (χ2v) is 4.68. The van der Waals surface area contributed by atoms with Crippen LogP contribution in [-0.4, -0.2) is 30.4 Å². The predicted molar refractivity (Wildman–Crippen MR) is 78.9 cm³/mol. The van der Waals surface area contributed by atoms with Crippen LogP contribution >= 0.6 is 0 Å². The fraction of sp³-hybridized carbons (Fsp3) is 0.375. The Morgan fingerprint density at radius 1 is 1.50 bits per heavy atom. The van der Waals surface area contributed by atoms with Gasteiger partial charge in [-0.1, -0.05) is 17.9 Å². The smallest absolute Gasteiger partial charge is 0.255 e. The molecule has 1 atom stereocenters. The zero-order chi connectivity index (χ0) is 15.1. The molecule has 0 spiro atoms. The van der Waals surface area contributed by atoms with E-state index in [1.165, 1.54) is 0 Å². The Labute approximate surface area is 120 Å². The molecule has 0 bridgehead atoms. The van der Waals surface area contributed by atoms with Crippen molar-refractivity contribution >= 4 is 5.91 Å². The lowest BCUT2D eigenvalue weighted by atomic mass is 10.0. The molecule has 4 heteroatoms. The van der Waals surface area contributed by atoms with Gasteiger partial charge in [-0.25, -0.2) is 0 Å². The summed E-state index contributed by atoms with van der Waals surface area (Å²) in [5.74, 6) is 5.58. The summed E-state index contributed by atoms with van der Waals surface area (Å²) < 4.78 is 0. The summed E-state index contributed by atoms with van der Waals surface area (Å²) in [7, 11) is 1.70. The van der Waals surface area contributed by atoms with Crippen LogP contribution in [0.3, 0.4) is 0 Å². The van der Waals surface area contributed by atoms with Crippen LogP contribution in [0.1, 0.15) is 34.8 Å². The Balaban J connectivity index is 3.12. The van der Waals surface area contributed by atoms with Crippen LogP contribution in [0.2, 0.25) is 0 Å². The third-order valence-electron chi connectivity index (χ3n) is 3.10. The van der Waals surface area contributed by atoms with Crippen molar-refractivity contribution in [1.82, 2.24) is 4.90 Å². The van der Waals surface area contributed by atoms with Crippen LogP contribution < -0.4 is 5.73 Å². The summed E-state index contributed by atoms with van der Waals surface area (Å²) in [4.78, 5) is 14.0. The second kappa shape index (κ2) is 7.33. The lowest BCUT2D eigenvalue weighted by Gasteiger charge is -2.23. The summed E-state index contributed by atoms with van der Waals surface area (Å²) in [6.07, 6.45) is 0.303. The molecule has 0 aliphatic heterocycles. The lowest BCUT2D eigenvalue weighted by Crippen LogP contribution is -2.35. The largest absolute Gasteiger partial charge is 0.338 e. The Morgan fingerprint density at radius 2 is 2.20 bits per heavy atom. The number of nitrogens with two attached hydrogens (primary N) is 1. The first-order valence-corrected chi connectivity index (χ1v) is 6.45. The molecular formula is C16H19N3O. The van der Waals surface area contributed by atoms with E-state index < -0.39 is 0 Å². The molecule has 0 aliphatic rings. The van der Waals surface area contributed by atoms with Crippen LogP contribution in [0, 0.1) is 30.1 Å². The van der Waals surface area contributed by atoms with Gasteiger partial charge in [0.1, 0.15) is 0 Å². The maximum atomic E-state index is 12.5. The maximum absolute atomic E-state index is 12.5. The third kappa shape index (κ3) is 3.85. The van der Waals surface area contributed by atoms with E-state index in [1.807, 2.05) is 26.0 Å². The highest BCUT2D eigenvalue weighted by molar-refractivity contribution is 5.96. The van der Waals surface area contributed by atoms with Crippen molar-refractivity contribution < 1.29 is 4.79 Å². The minimum absolute atomic E-state index is 0.130. The fourth-order valence-corrected chi connectivity index (χ4v) is 1.75. The Kier molecular flexibility index (Phi) is 5.77. The van der Waals surface area contributed by atoms with Gasteiger partial charge in [-0.15, -0.1) is 0 Å².